The summed E-state index contributed by atoms with van der Waals surface area (Å²) in [5.74, 6) is -1.12. The summed E-state index contributed by atoms with van der Waals surface area (Å²) in [6.07, 6.45) is -14.5. The molecule has 0 aromatic carbocycles. The Hall–Kier alpha value is -0.970. The quantitative estimate of drug-likeness (QED) is 0.186. The zero-order valence-corrected chi connectivity index (χ0v) is 15.7. The van der Waals surface area contributed by atoms with E-state index in [1.54, 1.807) is 0 Å². The van der Waals surface area contributed by atoms with E-state index in [1.807, 2.05) is 0 Å². The molecule has 0 radical (unpaired) electrons. The summed E-state index contributed by atoms with van der Waals surface area (Å²) >= 11 is 0. The van der Waals surface area contributed by atoms with Crippen LogP contribution in [0.4, 0.5) is 0 Å². The summed E-state index contributed by atoms with van der Waals surface area (Å²) in [4.78, 5) is 10.7. The topological polar surface area (TPSA) is 205 Å². The molecule has 2 heterocycles. The van der Waals surface area contributed by atoms with Gasteiger partial charge in [-0.05, 0) is 0 Å². The number of hydrogen-bond donors (Lipinski definition) is 7. The van der Waals surface area contributed by atoms with Crippen molar-refractivity contribution < 1.29 is 64.2 Å². The summed E-state index contributed by atoms with van der Waals surface area (Å²) in [5, 5.41) is 68.1. The maximum Gasteiger partial charge on any atom is 0.305 e. The Morgan fingerprint density at radius 2 is 1.48 bits per heavy atom. The number of hydrogen-bond acceptors (Lipinski definition) is 12. The van der Waals surface area contributed by atoms with Crippen LogP contribution in [0.25, 0.3) is 0 Å². The Bertz CT molecular complexity index is 517. The number of rotatable bonds is 9. The van der Waals surface area contributed by atoms with E-state index < -0.39 is 80.6 Å². The second-order valence-corrected chi connectivity index (χ2v) is 6.73. The molecule has 0 unspecified atom stereocenters. The zero-order chi connectivity index (χ0) is 21.7. The number of carbonyl (C=O) groups is 1. The highest BCUT2D eigenvalue weighted by Gasteiger charge is 2.51. The lowest BCUT2D eigenvalue weighted by molar-refractivity contribution is -0.360. The largest absolute Gasteiger partial charge is 0.481 e. The van der Waals surface area contributed by atoms with E-state index in [1.165, 1.54) is 7.11 Å². The van der Waals surface area contributed by atoms with Crippen LogP contribution in [0.3, 0.4) is 0 Å². The molecule has 0 saturated carbocycles. The van der Waals surface area contributed by atoms with Gasteiger partial charge < -0.3 is 59.4 Å². The van der Waals surface area contributed by atoms with Crippen LogP contribution in [0.15, 0.2) is 0 Å². The van der Waals surface area contributed by atoms with Crippen molar-refractivity contribution in [1.82, 2.24) is 0 Å². The Morgan fingerprint density at radius 1 is 0.862 bits per heavy atom. The molecule has 2 aliphatic heterocycles. The minimum Gasteiger partial charge on any atom is -0.481 e. The van der Waals surface area contributed by atoms with Gasteiger partial charge in [0, 0.05) is 7.11 Å². The highest BCUT2D eigenvalue weighted by Crippen LogP contribution is 2.30. The first kappa shape index (κ1) is 24.3. The summed E-state index contributed by atoms with van der Waals surface area (Å²) in [6, 6.07) is 0. The SMILES string of the molecule is CO[C@@H]1O[C@H](CO)[C@H](O[C@H]2O[C@H](CO)[C@H](O)[C@H](O)[C@H]2O)[C@H](O)[C@H]1OCCC(=O)O. The van der Waals surface area contributed by atoms with Gasteiger partial charge in [-0.15, -0.1) is 0 Å². The molecular formula is C16H28O13. The third-order valence-electron chi connectivity index (χ3n) is 4.79. The predicted molar refractivity (Wildman–Crippen MR) is 89.4 cm³/mol. The number of carboxylic acid groups (broad SMARTS) is 1. The molecule has 13 nitrogen and oxygen atoms in total. The van der Waals surface area contributed by atoms with E-state index in [0.717, 1.165) is 0 Å². The zero-order valence-electron chi connectivity index (χ0n) is 15.7. The third kappa shape index (κ3) is 5.59. The minimum atomic E-state index is -1.73. The molecule has 2 saturated heterocycles. The molecule has 2 aliphatic rings. The molecule has 170 valence electrons. The van der Waals surface area contributed by atoms with Crippen molar-refractivity contribution in [2.45, 2.75) is 67.8 Å². The van der Waals surface area contributed by atoms with Crippen molar-refractivity contribution in [3.05, 3.63) is 0 Å². The van der Waals surface area contributed by atoms with Crippen LogP contribution in [0.2, 0.25) is 0 Å². The van der Waals surface area contributed by atoms with E-state index in [9.17, 15) is 35.4 Å². The molecule has 2 fully saturated rings. The van der Waals surface area contributed by atoms with Crippen LogP contribution in [0.5, 0.6) is 0 Å². The number of carboxylic acids is 1. The Morgan fingerprint density at radius 3 is 2.03 bits per heavy atom. The van der Waals surface area contributed by atoms with Crippen molar-refractivity contribution in [3.63, 3.8) is 0 Å². The van der Waals surface area contributed by atoms with Crippen LogP contribution in [0.1, 0.15) is 6.42 Å². The van der Waals surface area contributed by atoms with Crippen LogP contribution in [0, 0.1) is 0 Å². The summed E-state index contributed by atoms with van der Waals surface area (Å²) in [6.45, 7) is -1.57. The number of ether oxygens (including phenoxy) is 5. The fourth-order valence-corrected chi connectivity index (χ4v) is 3.19. The standard InChI is InChI=1S/C16H28O13/c1-25-16-14(26-3-2-8(19)20)12(24)13(7(5-18)28-16)29-15-11(23)10(22)9(21)6(4-17)27-15/h6-7,9-18,21-24H,2-5H2,1H3,(H,19,20)/t6-,7-,9+,10+,11-,12+,13+,14-,15-,16-/m1/s1. The Labute approximate surface area is 165 Å². The fourth-order valence-electron chi connectivity index (χ4n) is 3.19. The first-order valence-corrected chi connectivity index (χ1v) is 9.01. The Balaban J connectivity index is 2.14. The second kappa shape index (κ2) is 10.9. The molecule has 0 bridgehead atoms. The summed E-state index contributed by atoms with van der Waals surface area (Å²) in [7, 11) is 1.26. The Kier molecular flexibility index (Phi) is 9.12. The first-order chi connectivity index (χ1) is 13.7. The lowest BCUT2D eigenvalue weighted by Crippen LogP contribution is -2.65. The van der Waals surface area contributed by atoms with E-state index in [-0.39, 0.29) is 13.0 Å². The first-order valence-electron chi connectivity index (χ1n) is 9.01. The van der Waals surface area contributed by atoms with Gasteiger partial charge in [0.2, 0.25) is 0 Å². The predicted octanol–water partition coefficient (Wildman–Crippen LogP) is -4.24. The molecule has 0 aromatic heterocycles. The van der Waals surface area contributed by atoms with Crippen LogP contribution >= 0.6 is 0 Å². The smallest absolute Gasteiger partial charge is 0.305 e. The summed E-state index contributed by atoms with van der Waals surface area (Å²) in [5.41, 5.74) is 0. The van der Waals surface area contributed by atoms with Crippen molar-refractivity contribution in [1.29, 1.82) is 0 Å². The monoisotopic (exact) mass is 428 g/mol. The van der Waals surface area contributed by atoms with Gasteiger partial charge in [0.1, 0.15) is 48.8 Å². The van der Waals surface area contributed by atoms with Gasteiger partial charge in [-0.2, -0.15) is 0 Å². The molecule has 29 heavy (non-hydrogen) atoms. The van der Waals surface area contributed by atoms with Crippen LogP contribution < -0.4 is 0 Å². The normalized spacial score (nSPS) is 43.3. The number of aliphatic hydroxyl groups excluding tert-OH is 6. The average molecular weight is 428 g/mol. The van der Waals surface area contributed by atoms with Gasteiger partial charge in [-0.25, -0.2) is 0 Å². The highest BCUT2D eigenvalue weighted by atomic mass is 16.7. The van der Waals surface area contributed by atoms with Crippen molar-refractivity contribution in [3.8, 4) is 0 Å². The lowest BCUT2D eigenvalue weighted by Gasteiger charge is -2.46. The van der Waals surface area contributed by atoms with Gasteiger partial charge in [-0.3, -0.25) is 4.79 Å². The van der Waals surface area contributed by atoms with E-state index in [0.29, 0.717) is 0 Å². The van der Waals surface area contributed by atoms with Gasteiger partial charge in [-0.1, -0.05) is 0 Å². The van der Waals surface area contributed by atoms with Gasteiger partial charge in [0.25, 0.3) is 0 Å². The highest BCUT2D eigenvalue weighted by molar-refractivity contribution is 5.66. The third-order valence-corrected chi connectivity index (χ3v) is 4.79. The maximum atomic E-state index is 10.7. The van der Waals surface area contributed by atoms with E-state index >= 15 is 0 Å². The summed E-state index contributed by atoms with van der Waals surface area (Å²) < 4.78 is 26.7. The molecule has 7 N–H and O–H groups in total. The molecular weight excluding hydrogens is 400 g/mol. The van der Waals surface area contributed by atoms with Crippen LogP contribution in [-0.4, -0.2) is 130 Å². The fraction of sp³-hybridized carbons (Fsp3) is 0.938. The van der Waals surface area contributed by atoms with E-state index in [2.05, 4.69) is 0 Å². The molecule has 0 spiro atoms. The van der Waals surface area contributed by atoms with Crippen LogP contribution in [-0.2, 0) is 28.5 Å². The van der Waals surface area contributed by atoms with Crippen molar-refractivity contribution >= 4 is 5.97 Å². The molecule has 0 amide bonds. The lowest BCUT2D eigenvalue weighted by atomic mass is 9.97. The van der Waals surface area contributed by atoms with E-state index in [4.69, 9.17) is 28.8 Å². The molecule has 2 rings (SSSR count). The number of methoxy groups -OCH3 is 1. The van der Waals surface area contributed by atoms with Gasteiger partial charge in [0.05, 0.1) is 26.2 Å². The minimum absolute atomic E-state index is 0.267. The molecule has 10 atom stereocenters. The van der Waals surface area contributed by atoms with Crippen molar-refractivity contribution in [2.75, 3.05) is 26.9 Å². The number of aliphatic hydroxyl groups is 6. The maximum absolute atomic E-state index is 10.7. The number of aliphatic carboxylic acids is 1. The van der Waals surface area contributed by atoms with Gasteiger partial charge in [0.15, 0.2) is 12.6 Å². The molecule has 0 aromatic rings. The van der Waals surface area contributed by atoms with Gasteiger partial charge >= 0.3 is 5.97 Å². The van der Waals surface area contributed by atoms with Crippen molar-refractivity contribution in [2.24, 2.45) is 0 Å². The second-order valence-electron chi connectivity index (χ2n) is 6.73. The average Bonchev–Trinajstić information content (AvgIpc) is 2.70. The molecule has 13 heteroatoms. The molecule has 0 aliphatic carbocycles.